The summed E-state index contributed by atoms with van der Waals surface area (Å²) >= 11 is 0. The predicted octanol–water partition coefficient (Wildman–Crippen LogP) is 2.38. The molecular formula is C18H31N5. The lowest BCUT2D eigenvalue weighted by molar-refractivity contribution is 0.188. The number of piperidine rings is 1. The van der Waals surface area contributed by atoms with Gasteiger partial charge in [0.2, 0.25) is 5.95 Å². The van der Waals surface area contributed by atoms with E-state index in [0.717, 1.165) is 12.4 Å². The Morgan fingerprint density at radius 2 is 2.04 bits per heavy atom. The molecule has 0 saturated carbocycles. The van der Waals surface area contributed by atoms with Gasteiger partial charge in [-0.3, -0.25) is 0 Å². The first-order valence-electron chi connectivity index (χ1n) is 9.19. The number of hydrogen-bond donors (Lipinski definition) is 1. The maximum atomic E-state index is 4.76. The third-order valence-electron chi connectivity index (χ3n) is 5.13. The van der Waals surface area contributed by atoms with Crippen molar-refractivity contribution in [1.82, 2.24) is 20.2 Å². The molecular weight excluding hydrogens is 286 g/mol. The highest BCUT2D eigenvalue weighted by molar-refractivity contribution is 5.34. The van der Waals surface area contributed by atoms with E-state index in [0.29, 0.717) is 12.1 Å². The topological polar surface area (TPSA) is 44.3 Å². The molecule has 1 aromatic rings. The summed E-state index contributed by atoms with van der Waals surface area (Å²) < 4.78 is 0. The fraction of sp³-hybridized carbons (Fsp3) is 0.778. The molecule has 23 heavy (non-hydrogen) atoms. The number of aryl methyl sites for hydroxylation is 1. The lowest BCUT2D eigenvalue weighted by Crippen LogP contribution is -2.44. The lowest BCUT2D eigenvalue weighted by atomic mass is 9.91. The van der Waals surface area contributed by atoms with Crippen molar-refractivity contribution in [3.8, 4) is 0 Å². The van der Waals surface area contributed by atoms with Gasteiger partial charge in [0.1, 0.15) is 0 Å². The minimum Gasteiger partial charge on any atom is -0.347 e. The summed E-state index contributed by atoms with van der Waals surface area (Å²) in [4.78, 5) is 13.9. The van der Waals surface area contributed by atoms with Gasteiger partial charge in [-0.25, -0.2) is 9.97 Å². The maximum Gasteiger partial charge on any atom is 0.225 e. The van der Waals surface area contributed by atoms with Crippen LogP contribution in [0.5, 0.6) is 0 Å². The van der Waals surface area contributed by atoms with Crippen LogP contribution in [0.4, 0.5) is 5.95 Å². The van der Waals surface area contributed by atoms with Crippen LogP contribution in [0.1, 0.15) is 56.3 Å². The Morgan fingerprint density at radius 3 is 2.74 bits per heavy atom. The molecule has 0 amide bonds. The molecule has 3 rings (SSSR count). The quantitative estimate of drug-likeness (QED) is 0.903. The number of fused-ring (bicyclic) bond motifs is 1. The molecule has 1 N–H and O–H groups in total. The molecule has 0 radical (unpaired) electrons. The minimum absolute atomic E-state index is 0.442. The molecule has 2 heterocycles. The van der Waals surface area contributed by atoms with E-state index in [1.165, 1.54) is 63.0 Å². The molecule has 1 fully saturated rings. The van der Waals surface area contributed by atoms with Gasteiger partial charge in [-0.05, 0) is 58.2 Å². The van der Waals surface area contributed by atoms with Crippen molar-refractivity contribution in [3.05, 3.63) is 17.5 Å². The fourth-order valence-electron chi connectivity index (χ4n) is 3.85. The van der Waals surface area contributed by atoms with Crippen LogP contribution in [0.2, 0.25) is 0 Å². The summed E-state index contributed by atoms with van der Waals surface area (Å²) in [7, 11) is 4.01. The SMILES string of the molecule is CCCN1CCC(NC2CCCc3nc(N(C)C)ncc32)CC1. The number of hydrogen-bond acceptors (Lipinski definition) is 5. The highest BCUT2D eigenvalue weighted by atomic mass is 15.2. The minimum atomic E-state index is 0.442. The first-order chi connectivity index (χ1) is 11.2. The van der Waals surface area contributed by atoms with Gasteiger partial charge in [-0.2, -0.15) is 0 Å². The molecule has 1 aliphatic carbocycles. The Kier molecular flexibility index (Phi) is 5.49. The largest absolute Gasteiger partial charge is 0.347 e. The number of nitrogens with zero attached hydrogens (tertiary/aromatic N) is 4. The van der Waals surface area contributed by atoms with Crippen LogP contribution in [0.15, 0.2) is 6.20 Å². The number of anilines is 1. The molecule has 2 aliphatic rings. The summed E-state index contributed by atoms with van der Waals surface area (Å²) in [5.74, 6) is 0.831. The van der Waals surface area contributed by atoms with Gasteiger partial charge in [-0.1, -0.05) is 6.92 Å². The second-order valence-corrected chi connectivity index (χ2v) is 7.19. The number of aromatic nitrogens is 2. The van der Waals surface area contributed by atoms with E-state index in [1.807, 2.05) is 19.0 Å². The Labute approximate surface area is 140 Å². The van der Waals surface area contributed by atoms with E-state index in [4.69, 9.17) is 4.98 Å². The zero-order valence-electron chi connectivity index (χ0n) is 14.9. The highest BCUT2D eigenvalue weighted by Crippen LogP contribution is 2.30. The predicted molar refractivity (Wildman–Crippen MR) is 94.9 cm³/mol. The van der Waals surface area contributed by atoms with Gasteiger partial charge >= 0.3 is 0 Å². The van der Waals surface area contributed by atoms with Gasteiger partial charge in [0.05, 0.1) is 5.69 Å². The zero-order chi connectivity index (χ0) is 16.2. The average Bonchev–Trinajstić information content (AvgIpc) is 2.56. The van der Waals surface area contributed by atoms with Crippen molar-refractivity contribution in [3.63, 3.8) is 0 Å². The average molecular weight is 317 g/mol. The molecule has 1 aromatic heterocycles. The monoisotopic (exact) mass is 317 g/mol. The van der Waals surface area contributed by atoms with Crippen molar-refractivity contribution >= 4 is 5.95 Å². The molecule has 5 nitrogen and oxygen atoms in total. The summed E-state index contributed by atoms with van der Waals surface area (Å²) in [5.41, 5.74) is 2.58. The molecule has 128 valence electrons. The fourth-order valence-corrected chi connectivity index (χ4v) is 3.85. The van der Waals surface area contributed by atoms with Gasteiger partial charge in [-0.15, -0.1) is 0 Å². The van der Waals surface area contributed by atoms with E-state index in [1.54, 1.807) is 0 Å². The Bertz CT molecular complexity index is 508. The third-order valence-corrected chi connectivity index (χ3v) is 5.13. The summed E-state index contributed by atoms with van der Waals surface area (Å²) in [6, 6.07) is 1.09. The van der Waals surface area contributed by atoms with Gasteiger partial charge in [0.15, 0.2) is 0 Å². The van der Waals surface area contributed by atoms with Crippen molar-refractivity contribution in [2.24, 2.45) is 0 Å². The molecule has 1 aliphatic heterocycles. The lowest BCUT2D eigenvalue weighted by Gasteiger charge is -2.36. The Morgan fingerprint density at radius 1 is 1.26 bits per heavy atom. The van der Waals surface area contributed by atoms with Crippen LogP contribution in [0, 0.1) is 0 Å². The molecule has 1 atom stereocenters. The van der Waals surface area contributed by atoms with Gasteiger partial charge in [0, 0.05) is 37.9 Å². The van der Waals surface area contributed by atoms with Crippen LogP contribution in [-0.2, 0) is 6.42 Å². The van der Waals surface area contributed by atoms with E-state index < -0.39 is 0 Å². The van der Waals surface area contributed by atoms with Crippen LogP contribution >= 0.6 is 0 Å². The summed E-state index contributed by atoms with van der Waals surface area (Å²) in [5, 5.41) is 3.91. The Balaban J connectivity index is 1.62. The van der Waals surface area contributed by atoms with Crippen LogP contribution < -0.4 is 10.2 Å². The first-order valence-corrected chi connectivity index (χ1v) is 9.19. The van der Waals surface area contributed by atoms with E-state index in [9.17, 15) is 0 Å². The smallest absolute Gasteiger partial charge is 0.225 e. The molecule has 1 saturated heterocycles. The molecule has 5 heteroatoms. The van der Waals surface area contributed by atoms with E-state index >= 15 is 0 Å². The van der Waals surface area contributed by atoms with Gasteiger partial charge < -0.3 is 15.1 Å². The van der Waals surface area contributed by atoms with Crippen LogP contribution in [0.3, 0.4) is 0 Å². The van der Waals surface area contributed by atoms with Crippen molar-refractivity contribution in [2.45, 2.75) is 57.5 Å². The molecule has 0 bridgehead atoms. The maximum absolute atomic E-state index is 4.76. The number of likely N-dealkylation sites (tertiary alicyclic amines) is 1. The van der Waals surface area contributed by atoms with Gasteiger partial charge in [0.25, 0.3) is 0 Å². The normalized spacial score (nSPS) is 22.8. The second-order valence-electron chi connectivity index (χ2n) is 7.19. The van der Waals surface area contributed by atoms with E-state index in [-0.39, 0.29) is 0 Å². The molecule has 0 spiro atoms. The molecule has 0 aromatic carbocycles. The summed E-state index contributed by atoms with van der Waals surface area (Å²) in [6.07, 6.45) is 9.38. The van der Waals surface area contributed by atoms with Crippen molar-refractivity contribution < 1.29 is 0 Å². The second kappa shape index (κ2) is 7.58. The van der Waals surface area contributed by atoms with Crippen molar-refractivity contribution in [2.75, 3.05) is 38.6 Å². The number of rotatable bonds is 5. The first kappa shape index (κ1) is 16.7. The third kappa shape index (κ3) is 4.01. The van der Waals surface area contributed by atoms with Crippen molar-refractivity contribution in [1.29, 1.82) is 0 Å². The number of nitrogens with one attached hydrogen (secondary N) is 1. The Hall–Kier alpha value is -1.20. The summed E-state index contributed by atoms with van der Waals surface area (Å²) in [6.45, 7) is 5.99. The zero-order valence-corrected chi connectivity index (χ0v) is 14.9. The van der Waals surface area contributed by atoms with E-state index in [2.05, 4.69) is 28.3 Å². The van der Waals surface area contributed by atoms with Crippen LogP contribution in [0.25, 0.3) is 0 Å². The molecule has 1 unspecified atom stereocenters. The highest BCUT2D eigenvalue weighted by Gasteiger charge is 2.26. The van der Waals surface area contributed by atoms with Crippen LogP contribution in [-0.4, -0.2) is 54.6 Å². The standard InChI is InChI=1S/C18H31N5/c1-4-10-23-11-8-14(9-12-23)20-16-6-5-7-17-15(16)13-19-18(21-17)22(2)3/h13-14,16,20H,4-12H2,1-3H3.